The highest BCUT2D eigenvalue weighted by atomic mass is 16.6. The average molecular weight is 270 g/mol. The van der Waals surface area contributed by atoms with Crippen LogP contribution in [0.3, 0.4) is 0 Å². The molecule has 19 heavy (non-hydrogen) atoms. The average Bonchev–Trinajstić information content (AvgIpc) is 2.43. The van der Waals surface area contributed by atoms with Crippen molar-refractivity contribution in [2.24, 2.45) is 0 Å². The molecule has 0 bridgehead atoms. The summed E-state index contributed by atoms with van der Waals surface area (Å²) in [4.78, 5) is 11.3. The van der Waals surface area contributed by atoms with Gasteiger partial charge in [-0.15, -0.1) is 0 Å². The molecule has 0 radical (unpaired) electrons. The van der Waals surface area contributed by atoms with E-state index in [0.29, 0.717) is 17.2 Å². The summed E-state index contributed by atoms with van der Waals surface area (Å²) in [7, 11) is 4.23. The summed E-state index contributed by atoms with van der Waals surface area (Å²) < 4.78 is 20.0. The van der Waals surface area contributed by atoms with Gasteiger partial charge in [0.1, 0.15) is 23.9 Å². The Bertz CT molecular complexity index is 419. The van der Waals surface area contributed by atoms with Gasteiger partial charge in [-0.1, -0.05) is 0 Å². The van der Waals surface area contributed by atoms with Gasteiger partial charge in [-0.2, -0.15) is 0 Å². The number of hydrogen-bond acceptors (Lipinski definition) is 6. The zero-order chi connectivity index (χ0) is 14.5. The van der Waals surface area contributed by atoms with Crippen LogP contribution in [0.5, 0.6) is 17.2 Å². The lowest BCUT2D eigenvalue weighted by atomic mass is 10.1. The van der Waals surface area contributed by atoms with Gasteiger partial charge in [0.2, 0.25) is 0 Å². The van der Waals surface area contributed by atoms with E-state index in [4.69, 9.17) is 14.2 Å². The zero-order valence-electron chi connectivity index (χ0n) is 11.4. The number of benzene rings is 1. The van der Waals surface area contributed by atoms with Gasteiger partial charge in [-0.25, -0.2) is 4.79 Å². The molecule has 0 aliphatic rings. The first-order valence-corrected chi connectivity index (χ1v) is 5.59. The van der Waals surface area contributed by atoms with Crippen molar-refractivity contribution in [1.82, 2.24) is 0 Å². The minimum Gasteiger partial charge on any atom is -0.496 e. The molecule has 6 heteroatoms. The Labute approximate surface area is 111 Å². The molecule has 1 aromatic carbocycles. The first-order valence-electron chi connectivity index (χ1n) is 5.59. The second-order valence-corrected chi connectivity index (χ2v) is 4.10. The summed E-state index contributed by atoms with van der Waals surface area (Å²) in [5.74, 6) is 0.752. The summed E-state index contributed by atoms with van der Waals surface area (Å²) in [5, 5.41) is 9.84. The summed E-state index contributed by atoms with van der Waals surface area (Å²) in [5.41, 5.74) is -1.72. The number of methoxy groups -OCH3 is 3. The van der Waals surface area contributed by atoms with Gasteiger partial charge < -0.3 is 24.1 Å². The normalized spacial score (nSPS) is 13.3. The van der Waals surface area contributed by atoms with E-state index in [0.717, 1.165) is 0 Å². The van der Waals surface area contributed by atoms with Gasteiger partial charge in [0.05, 0.1) is 21.3 Å². The van der Waals surface area contributed by atoms with Crippen molar-refractivity contribution in [3.8, 4) is 17.2 Å². The van der Waals surface area contributed by atoms with Gasteiger partial charge >= 0.3 is 5.97 Å². The van der Waals surface area contributed by atoms with Crippen molar-refractivity contribution in [3.05, 3.63) is 18.2 Å². The fourth-order valence-corrected chi connectivity index (χ4v) is 1.37. The first-order chi connectivity index (χ1) is 8.92. The third kappa shape index (κ3) is 4.03. The second kappa shape index (κ2) is 6.29. The summed E-state index contributed by atoms with van der Waals surface area (Å²) in [6.07, 6.45) is 0. The maximum absolute atomic E-state index is 11.3. The van der Waals surface area contributed by atoms with Crippen LogP contribution < -0.4 is 14.2 Å². The number of aliphatic hydroxyl groups is 1. The van der Waals surface area contributed by atoms with E-state index >= 15 is 0 Å². The third-order valence-corrected chi connectivity index (χ3v) is 2.47. The summed E-state index contributed by atoms with van der Waals surface area (Å²) in [6.45, 7) is 1.08. The predicted octanol–water partition coefficient (Wildman–Crippen LogP) is 1.01. The highest BCUT2D eigenvalue weighted by Crippen LogP contribution is 2.27. The van der Waals surface area contributed by atoms with Crippen molar-refractivity contribution < 1.29 is 28.8 Å². The zero-order valence-corrected chi connectivity index (χ0v) is 11.4. The van der Waals surface area contributed by atoms with Crippen LogP contribution in [-0.2, 0) is 9.53 Å². The molecule has 1 aromatic rings. The lowest BCUT2D eigenvalue weighted by Gasteiger charge is -2.20. The molecule has 1 N–H and O–H groups in total. The number of esters is 1. The molecule has 1 rings (SSSR count). The quantitative estimate of drug-likeness (QED) is 0.777. The van der Waals surface area contributed by atoms with Crippen LogP contribution in [0.2, 0.25) is 0 Å². The largest absolute Gasteiger partial charge is 0.496 e. The molecule has 0 saturated carbocycles. The van der Waals surface area contributed by atoms with E-state index in [9.17, 15) is 9.90 Å². The van der Waals surface area contributed by atoms with Crippen LogP contribution >= 0.6 is 0 Å². The second-order valence-electron chi connectivity index (χ2n) is 4.10. The summed E-state index contributed by atoms with van der Waals surface area (Å²) >= 11 is 0. The van der Waals surface area contributed by atoms with Crippen LogP contribution in [0.4, 0.5) is 0 Å². The molecule has 0 saturated heterocycles. The highest BCUT2D eigenvalue weighted by molar-refractivity contribution is 5.78. The molecule has 0 spiro atoms. The van der Waals surface area contributed by atoms with E-state index in [1.165, 1.54) is 28.3 Å². The van der Waals surface area contributed by atoms with Crippen LogP contribution in [0.15, 0.2) is 18.2 Å². The topological polar surface area (TPSA) is 74.2 Å². The monoisotopic (exact) mass is 270 g/mol. The lowest BCUT2D eigenvalue weighted by Crippen LogP contribution is -2.42. The maximum atomic E-state index is 11.3. The standard InChI is InChI=1S/C13H18O6/c1-13(15,12(14)18-4)8-19-11-6-9(16-2)5-10(7-11)17-3/h5-7,15H,8H2,1-4H3. The Balaban J connectivity index is 2.80. The fourth-order valence-electron chi connectivity index (χ4n) is 1.37. The highest BCUT2D eigenvalue weighted by Gasteiger charge is 2.32. The van der Waals surface area contributed by atoms with Crippen molar-refractivity contribution >= 4 is 5.97 Å². The van der Waals surface area contributed by atoms with Gasteiger partial charge in [0.25, 0.3) is 0 Å². The van der Waals surface area contributed by atoms with Crippen LogP contribution in [0, 0.1) is 0 Å². The van der Waals surface area contributed by atoms with Gasteiger partial charge in [0.15, 0.2) is 5.60 Å². The van der Waals surface area contributed by atoms with E-state index in [1.807, 2.05) is 0 Å². The maximum Gasteiger partial charge on any atom is 0.341 e. The van der Waals surface area contributed by atoms with Gasteiger partial charge in [0, 0.05) is 18.2 Å². The van der Waals surface area contributed by atoms with E-state index < -0.39 is 11.6 Å². The van der Waals surface area contributed by atoms with Gasteiger partial charge in [-0.3, -0.25) is 0 Å². The predicted molar refractivity (Wildman–Crippen MR) is 67.7 cm³/mol. The Morgan fingerprint density at radius 3 is 2.00 bits per heavy atom. The molecule has 0 aliphatic heterocycles. The Kier molecular flexibility index (Phi) is 5.00. The van der Waals surface area contributed by atoms with Crippen LogP contribution in [-0.4, -0.2) is 44.6 Å². The molecule has 0 fully saturated rings. The number of rotatable bonds is 6. The van der Waals surface area contributed by atoms with Crippen LogP contribution in [0.25, 0.3) is 0 Å². The molecule has 0 amide bonds. The minimum absolute atomic E-state index is 0.240. The fraction of sp³-hybridized carbons (Fsp3) is 0.462. The lowest BCUT2D eigenvalue weighted by molar-refractivity contribution is -0.163. The molecule has 1 unspecified atom stereocenters. The number of carbonyl (C=O) groups excluding carboxylic acids is 1. The van der Waals surface area contributed by atoms with E-state index in [2.05, 4.69) is 4.74 Å². The Morgan fingerprint density at radius 1 is 1.11 bits per heavy atom. The third-order valence-electron chi connectivity index (χ3n) is 2.47. The van der Waals surface area contributed by atoms with Crippen molar-refractivity contribution in [1.29, 1.82) is 0 Å². The Morgan fingerprint density at radius 2 is 1.58 bits per heavy atom. The van der Waals surface area contributed by atoms with Crippen LogP contribution in [0.1, 0.15) is 6.92 Å². The summed E-state index contributed by atoms with van der Waals surface area (Å²) in [6, 6.07) is 4.93. The van der Waals surface area contributed by atoms with Crippen molar-refractivity contribution in [3.63, 3.8) is 0 Å². The van der Waals surface area contributed by atoms with Crippen molar-refractivity contribution in [2.45, 2.75) is 12.5 Å². The molecular formula is C13H18O6. The molecule has 0 heterocycles. The molecule has 0 aromatic heterocycles. The molecule has 106 valence electrons. The molecule has 6 nitrogen and oxygen atoms in total. The molecular weight excluding hydrogens is 252 g/mol. The molecule has 1 atom stereocenters. The number of ether oxygens (including phenoxy) is 4. The SMILES string of the molecule is COC(=O)C(C)(O)COc1cc(OC)cc(OC)c1. The molecule has 0 aliphatic carbocycles. The van der Waals surface area contributed by atoms with E-state index in [1.54, 1.807) is 18.2 Å². The Hall–Kier alpha value is -1.95. The van der Waals surface area contributed by atoms with Gasteiger partial charge in [-0.05, 0) is 6.92 Å². The smallest absolute Gasteiger partial charge is 0.341 e. The van der Waals surface area contributed by atoms with Crippen molar-refractivity contribution in [2.75, 3.05) is 27.9 Å². The number of hydrogen-bond donors (Lipinski definition) is 1. The number of carbonyl (C=O) groups is 1. The first kappa shape index (κ1) is 15.1. The van der Waals surface area contributed by atoms with E-state index in [-0.39, 0.29) is 6.61 Å². The minimum atomic E-state index is -1.72.